The summed E-state index contributed by atoms with van der Waals surface area (Å²) in [6.45, 7) is 0. The molecule has 84 valence electrons. The first kappa shape index (κ1) is 10.0. The molecule has 16 heavy (non-hydrogen) atoms. The van der Waals surface area contributed by atoms with Crippen LogP contribution in [0.15, 0.2) is 12.3 Å². The normalized spacial score (nSPS) is 18.0. The number of hydrogen-bond acceptors (Lipinski definition) is 2. The van der Waals surface area contributed by atoms with Crippen LogP contribution in [0.5, 0.6) is 0 Å². The molecule has 1 aliphatic carbocycles. The second kappa shape index (κ2) is 4.01. The number of rotatable bonds is 1. The van der Waals surface area contributed by atoms with Crippen molar-refractivity contribution >= 4 is 23.3 Å². The Labute approximate surface area is 99.3 Å². The molecular weight excluding hydrogens is 218 g/mol. The lowest BCUT2D eigenvalue weighted by Gasteiger charge is -2.22. The molecule has 2 aromatic heterocycles. The molecule has 0 bridgehead atoms. The highest BCUT2D eigenvalue weighted by atomic mass is 32.1. The van der Waals surface area contributed by atoms with E-state index < -0.39 is 0 Å². The first-order valence-corrected chi connectivity index (χ1v) is 6.33. The number of fused-ring (bicyclic) bond motifs is 1. The summed E-state index contributed by atoms with van der Waals surface area (Å²) in [6.07, 6.45) is 8.52. The fourth-order valence-corrected chi connectivity index (χ4v) is 2.90. The number of aromatic nitrogens is 3. The van der Waals surface area contributed by atoms with Gasteiger partial charge in [-0.1, -0.05) is 19.3 Å². The molecule has 3 rings (SSSR count). The largest absolute Gasteiger partial charge is 0.346 e. The average molecular weight is 233 g/mol. The summed E-state index contributed by atoms with van der Waals surface area (Å²) in [7, 11) is 0. The molecule has 0 saturated heterocycles. The zero-order valence-corrected chi connectivity index (χ0v) is 9.94. The van der Waals surface area contributed by atoms with Crippen LogP contribution in [0.4, 0.5) is 0 Å². The first-order valence-electron chi connectivity index (χ1n) is 5.92. The molecule has 1 aliphatic rings. The molecule has 0 radical (unpaired) electrons. The Hall–Kier alpha value is -1.16. The Balaban J connectivity index is 2.13. The Morgan fingerprint density at radius 3 is 2.88 bits per heavy atom. The predicted octanol–water partition coefficient (Wildman–Crippen LogP) is 3.67. The minimum absolute atomic E-state index is 0.593. The van der Waals surface area contributed by atoms with E-state index in [0.717, 1.165) is 5.65 Å². The zero-order valence-electron chi connectivity index (χ0n) is 9.12. The summed E-state index contributed by atoms with van der Waals surface area (Å²) in [5.74, 6) is 0.636. The molecule has 2 heterocycles. The number of nitrogens with one attached hydrogen (secondary N) is 2. The fourth-order valence-electron chi connectivity index (χ4n) is 2.70. The number of nitrogens with zero attached hydrogens (tertiary/aromatic N) is 1. The van der Waals surface area contributed by atoms with Crippen LogP contribution in [0.2, 0.25) is 0 Å². The molecule has 0 spiro atoms. The maximum absolute atomic E-state index is 5.18. The van der Waals surface area contributed by atoms with Gasteiger partial charge in [0.1, 0.15) is 5.65 Å². The van der Waals surface area contributed by atoms with Crippen molar-refractivity contribution < 1.29 is 0 Å². The predicted molar refractivity (Wildman–Crippen MR) is 67.1 cm³/mol. The van der Waals surface area contributed by atoms with Crippen LogP contribution in [-0.4, -0.2) is 15.0 Å². The first-order chi connectivity index (χ1) is 7.84. The van der Waals surface area contributed by atoms with Crippen molar-refractivity contribution in [1.29, 1.82) is 0 Å². The van der Waals surface area contributed by atoms with Gasteiger partial charge >= 0.3 is 0 Å². The lowest BCUT2D eigenvalue weighted by Crippen LogP contribution is -2.07. The summed E-state index contributed by atoms with van der Waals surface area (Å²) in [5.41, 5.74) is 2.21. The van der Waals surface area contributed by atoms with E-state index in [1.807, 2.05) is 6.20 Å². The van der Waals surface area contributed by atoms with Gasteiger partial charge in [0, 0.05) is 17.3 Å². The van der Waals surface area contributed by atoms with Crippen LogP contribution in [0.25, 0.3) is 11.0 Å². The van der Waals surface area contributed by atoms with E-state index in [1.165, 1.54) is 43.2 Å². The Morgan fingerprint density at radius 1 is 1.25 bits per heavy atom. The molecule has 0 atom stereocenters. The van der Waals surface area contributed by atoms with Gasteiger partial charge in [-0.05, 0) is 37.0 Å². The molecular formula is C12H15N3S. The van der Waals surface area contributed by atoms with E-state index in [4.69, 9.17) is 12.2 Å². The summed E-state index contributed by atoms with van der Waals surface area (Å²) in [5, 5.41) is 1.21. The average Bonchev–Trinajstić information content (AvgIpc) is 2.77. The molecule has 3 nitrogen and oxygen atoms in total. The Kier molecular flexibility index (Phi) is 2.52. The monoisotopic (exact) mass is 233 g/mol. The van der Waals surface area contributed by atoms with E-state index in [9.17, 15) is 0 Å². The van der Waals surface area contributed by atoms with Crippen LogP contribution >= 0.6 is 12.2 Å². The Morgan fingerprint density at radius 2 is 2.06 bits per heavy atom. The maximum atomic E-state index is 5.18. The smallest absolute Gasteiger partial charge is 0.199 e. The van der Waals surface area contributed by atoms with Crippen molar-refractivity contribution in [2.75, 3.05) is 0 Å². The fraction of sp³-hybridized carbons (Fsp3) is 0.500. The third kappa shape index (κ3) is 1.67. The van der Waals surface area contributed by atoms with E-state index in [2.05, 4.69) is 21.0 Å². The van der Waals surface area contributed by atoms with Gasteiger partial charge < -0.3 is 9.97 Å². The summed E-state index contributed by atoms with van der Waals surface area (Å²) < 4.78 is 0.593. The summed E-state index contributed by atoms with van der Waals surface area (Å²) in [6, 6.07) is 2.09. The van der Waals surface area contributed by atoms with Crippen LogP contribution in [0, 0.1) is 4.77 Å². The zero-order chi connectivity index (χ0) is 11.0. The summed E-state index contributed by atoms with van der Waals surface area (Å²) >= 11 is 5.18. The SMILES string of the molecule is S=c1nc2[nH]ccc2c(C2CCCCC2)[nH]1. The third-order valence-electron chi connectivity index (χ3n) is 3.48. The van der Waals surface area contributed by atoms with Gasteiger partial charge in [0.15, 0.2) is 4.77 Å². The molecule has 1 saturated carbocycles. The minimum atomic E-state index is 0.593. The van der Waals surface area contributed by atoms with Crippen LogP contribution in [0.1, 0.15) is 43.7 Å². The lowest BCUT2D eigenvalue weighted by atomic mass is 9.86. The van der Waals surface area contributed by atoms with Crippen molar-refractivity contribution in [3.05, 3.63) is 22.7 Å². The quantitative estimate of drug-likeness (QED) is 0.738. The van der Waals surface area contributed by atoms with Crippen molar-refractivity contribution in [1.82, 2.24) is 15.0 Å². The van der Waals surface area contributed by atoms with Crippen molar-refractivity contribution in [3.8, 4) is 0 Å². The van der Waals surface area contributed by atoms with Gasteiger partial charge in [0.05, 0.1) is 0 Å². The van der Waals surface area contributed by atoms with Gasteiger partial charge in [-0.3, -0.25) is 0 Å². The van der Waals surface area contributed by atoms with Crippen molar-refractivity contribution in [2.24, 2.45) is 0 Å². The van der Waals surface area contributed by atoms with Crippen LogP contribution in [-0.2, 0) is 0 Å². The number of hydrogen-bond donors (Lipinski definition) is 2. The standard InChI is InChI=1S/C12H15N3S/c16-12-14-10(8-4-2-1-3-5-8)9-6-7-13-11(9)15-12/h6-8H,1-5H2,(H2,13,14,15,16). The van der Waals surface area contributed by atoms with Crippen LogP contribution in [0.3, 0.4) is 0 Å². The van der Waals surface area contributed by atoms with Crippen molar-refractivity contribution in [2.45, 2.75) is 38.0 Å². The summed E-state index contributed by atoms with van der Waals surface area (Å²) in [4.78, 5) is 10.7. The topological polar surface area (TPSA) is 44.5 Å². The highest BCUT2D eigenvalue weighted by Gasteiger charge is 2.19. The molecule has 0 unspecified atom stereocenters. The molecule has 0 aliphatic heterocycles. The van der Waals surface area contributed by atoms with E-state index in [-0.39, 0.29) is 0 Å². The maximum Gasteiger partial charge on any atom is 0.199 e. The highest BCUT2D eigenvalue weighted by molar-refractivity contribution is 7.71. The second-order valence-electron chi connectivity index (χ2n) is 4.53. The van der Waals surface area contributed by atoms with Gasteiger partial charge in [-0.15, -0.1) is 0 Å². The van der Waals surface area contributed by atoms with Gasteiger partial charge in [0.25, 0.3) is 0 Å². The van der Waals surface area contributed by atoms with Crippen molar-refractivity contribution in [3.63, 3.8) is 0 Å². The lowest BCUT2D eigenvalue weighted by molar-refractivity contribution is 0.438. The molecule has 0 amide bonds. The van der Waals surface area contributed by atoms with E-state index in [1.54, 1.807) is 0 Å². The molecule has 2 aromatic rings. The molecule has 2 N–H and O–H groups in total. The Bertz CT molecular complexity index is 549. The molecule has 1 fully saturated rings. The van der Waals surface area contributed by atoms with Gasteiger partial charge in [-0.2, -0.15) is 0 Å². The molecule has 4 heteroatoms. The molecule has 0 aromatic carbocycles. The highest BCUT2D eigenvalue weighted by Crippen LogP contribution is 2.34. The minimum Gasteiger partial charge on any atom is -0.346 e. The third-order valence-corrected chi connectivity index (χ3v) is 3.68. The number of aromatic amines is 2. The second-order valence-corrected chi connectivity index (χ2v) is 4.92. The van der Waals surface area contributed by atoms with Gasteiger partial charge in [-0.25, -0.2) is 4.98 Å². The number of H-pyrrole nitrogens is 2. The van der Waals surface area contributed by atoms with Crippen LogP contribution < -0.4 is 0 Å². The van der Waals surface area contributed by atoms with E-state index in [0.29, 0.717) is 10.7 Å². The van der Waals surface area contributed by atoms with Gasteiger partial charge in [0.2, 0.25) is 0 Å². The van der Waals surface area contributed by atoms with E-state index >= 15 is 0 Å².